The van der Waals surface area contributed by atoms with Crippen LogP contribution in [0.5, 0.6) is 0 Å². The van der Waals surface area contributed by atoms with Gasteiger partial charge < -0.3 is 14.4 Å². The molecule has 0 aliphatic rings. The van der Waals surface area contributed by atoms with Gasteiger partial charge in [0.25, 0.3) is 5.91 Å². The summed E-state index contributed by atoms with van der Waals surface area (Å²) in [6.07, 6.45) is 2.90. The van der Waals surface area contributed by atoms with Gasteiger partial charge in [-0.3, -0.25) is 4.79 Å². The Hall–Kier alpha value is -1.56. The van der Waals surface area contributed by atoms with Gasteiger partial charge >= 0.3 is 0 Å². The highest BCUT2D eigenvalue weighted by Gasteiger charge is 2.15. The number of aromatic nitrogens is 2. The third-order valence-electron chi connectivity index (χ3n) is 3.17. The molecule has 1 N–H and O–H groups in total. The van der Waals surface area contributed by atoms with Crippen LogP contribution in [0.25, 0.3) is 0 Å². The van der Waals surface area contributed by atoms with E-state index in [2.05, 4.69) is 33.3 Å². The van der Waals surface area contributed by atoms with Gasteiger partial charge in [-0.05, 0) is 42.3 Å². The van der Waals surface area contributed by atoms with Gasteiger partial charge in [0.1, 0.15) is 11.5 Å². The number of rotatable bonds is 5. The number of hydrogen-bond donors (Lipinski definition) is 1. The Balaban J connectivity index is 2.09. The summed E-state index contributed by atoms with van der Waals surface area (Å²) < 4.78 is 7.95. The number of carbonyl (C=O) groups is 1. The lowest BCUT2D eigenvalue weighted by atomic mass is 10.2. The van der Waals surface area contributed by atoms with Crippen molar-refractivity contribution in [1.29, 1.82) is 0 Å². The zero-order valence-electron chi connectivity index (χ0n) is 11.9. The molecule has 108 valence electrons. The number of nitrogens with zero attached hydrogens (tertiary/aromatic N) is 2. The lowest BCUT2D eigenvalue weighted by molar-refractivity contribution is 0.0941. The number of hydrogen-bond acceptors (Lipinski definition) is 3. The predicted molar refractivity (Wildman–Crippen MR) is 79.6 cm³/mol. The van der Waals surface area contributed by atoms with Crippen molar-refractivity contribution in [2.75, 3.05) is 0 Å². The minimum atomic E-state index is -0.0934. The molecule has 20 heavy (non-hydrogen) atoms. The van der Waals surface area contributed by atoms with Crippen molar-refractivity contribution in [1.82, 2.24) is 15.0 Å². The Morgan fingerprint density at radius 3 is 2.85 bits per heavy atom. The zero-order chi connectivity index (χ0) is 14.7. The molecule has 0 aliphatic heterocycles. The van der Waals surface area contributed by atoms with Crippen molar-refractivity contribution < 1.29 is 9.32 Å². The van der Waals surface area contributed by atoms with Crippen molar-refractivity contribution in [2.45, 2.75) is 40.3 Å². The molecular weight excluding hydrogens is 322 g/mol. The van der Waals surface area contributed by atoms with E-state index in [0.29, 0.717) is 12.2 Å². The smallest absolute Gasteiger partial charge is 0.268 e. The van der Waals surface area contributed by atoms with Gasteiger partial charge in [0.05, 0.1) is 5.69 Å². The van der Waals surface area contributed by atoms with Gasteiger partial charge in [0.15, 0.2) is 0 Å². The van der Waals surface area contributed by atoms with E-state index in [9.17, 15) is 4.79 Å². The third kappa shape index (κ3) is 3.12. The highest BCUT2D eigenvalue weighted by atomic mass is 79.9. The minimum absolute atomic E-state index is 0.0934. The standard InChI is InChI=1S/C14H18BrN3O2/c1-4-5-18-8-11(15)6-13(18)14(19)16-7-12-9(2)17-20-10(12)3/h6,8H,4-5,7H2,1-3H3,(H,16,19). The Labute approximate surface area is 126 Å². The molecule has 0 radical (unpaired) electrons. The highest BCUT2D eigenvalue weighted by molar-refractivity contribution is 9.10. The molecule has 6 heteroatoms. The number of amides is 1. The largest absolute Gasteiger partial charge is 0.361 e. The lowest BCUT2D eigenvalue weighted by Gasteiger charge is -2.08. The molecule has 0 saturated carbocycles. The van der Waals surface area contributed by atoms with Crippen molar-refractivity contribution in [3.8, 4) is 0 Å². The fourth-order valence-electron chi connectivity index (χ4n) is 2.10. The molecule has 1 amide bonds. The van der Waals surface area contributed by atoms with E-state index in [-0.39, 0.29) is 5.91 Å². The second-order valence-corrected chi connectivity index (χ2v) is 5.64. The molecule has 0 fully saturated rings. The second-order valence-electron chi connectivity index (χ2n) is 4.72. The average molecular weight is 340 g/mol. The van der Waals surface area contributed by atoms with E-state index in [1.807, 2.05) is 30.7 Å². The van der Waals surface area contributed by atoms with Crippen molar-refractivity contribution >= 4 is 21.8 Å². The van der Waals surface area contributed by atoms with Gasteiger partial charge in [-0.25, -0.2) is 0 Å². The normalized spacial score (nSPS) is 10.8. The number of carbonyl (C=O) groups excluding carboxylic acids is 1. The average Bonchev–Trinajstić information content (AvgIpc) is 2.92. The van der Waals surface area contributed by atoms with Crippen LogP contribution in [-0.4, -0.2) is 15.6 Å². The Bertz CT molecular complexity index is 596. The highest BCUT2D eigenvalue weighted by Crippen LogP contribution is 2.16. The van der Waals surface area contributed by atoms with Gasteiger partial charge in [-0.1, -0.05) is 12.1 Å². The van der Waals surface area contributed by atoms with Gasteiger partial charge in [0, 0.05) is 29.3 Å². The number of nitrogens with one attached hydrogen (secondary N) is 1. The SMILES string of the molecule is CCCn1cc(Br)cc1C(=O)NCc1c(C)noc1C. The van der Waals surface area contributed by atoms with Crippen LogP contribution in [0.1, 0.15) is 40.9 Å². The summed E-state index contributed by atoms with van der Waals surface area (Å²) in [5.41, 5.74) is 2.41. The van der Waals surface area contributed by atoms with Crippen LogP contribution in [0, 0.1) is 13.8 Å². The molecular formula is C14H18BrN3O2. The van der Waals surface area contributed by atoms with Crippen LogP contribution in [0.15, 0.2) is 21.3 Å². The molecule has 0 unspecified atom stereocenters. The summed E-state index contributed by atoms with van der Waals surface area (Å²) in [5, 5.41) is 6.79. The van der Waals surface area contributed by atoms with Gasteiger partial charge in [-0.15, -0.1) is 0 Å². The molecule has 2 aromatic rings. The first-order valence-electron chi connectivity index (χ1n) is 6.58. The summed E-state index contributed by atoms with van der Waals surface area (Å²) in [4.78, 5) is 12.3. The van der Waals surface area contributed by atoms with Gasteiger partial charge in [0.2, 0.25) is 0 Å². The van der Waals surface area contributed by atoms with Crippen molar-refractivity contribution in [2.24, 2.45) is 0 Å². The van der Waals surface area contributed by atoms with E-state index < -0.39 is 0 Å². The van der Waals surface area contributed by atoms with Crippen LogP contribution in [0.2, 0.25) is 0 Å². The Kier molecular flexibility index (Phi) is 4.65. The molecule has 2 heterocycles. The molecule has 0 saturated heterocycles. The molecule has 0 atom stereocenters. The summed E-state index contributed by atoms with van der Waals surface area (Å²) in [6, 6.07) is 1.83. The number of halogens is 1. The monoisotopic (exact) mass is 339 g/mol. The summed E-state index contributed by atoms with van der Waals surface area (Å²) in [5.74, 6) is 0.650. The van der Waals surface area contributed by atoms with E-state index in [1.165, 1.54) is 0 Å². The maximum absolute atomic E-state index is 12.3. The maximum atomic E-state index is 12.3. The zero-order valence-corrected chi connectivity index (χ0v) is 13.5. The van der Waals surface area contributed by atoms with Crippen molar-refractivity contribution in [3.63, 3.8) is 0 Å². The molecule has 0 aromatic carbocycles. The Morgan fingerprint density at radius 2 is 2.25 bits per heavy atom. The molecule has 2 aromatic heterocycles. The van der Waals surface area contributed by atoms with E-state index >= 15 is 0 Å². The fraction of sp³-hybridized carbons (Fsp3) is 0.429. The topological polar surface area (TPSA) is 60.1 Å². The predicted octanol–water partition coefficient (Wildman–Crippen LogP) is 3.20. The summed E-state index contributed by atoms with van der Waals surface area (Å²) in [7, 11) is 0. The molecule has 0 aliphatic carbocycles. The maximum Gasteiger partial charge on any atom is 0.268 e. The summed E-state index contributed by atoms with van der Waals surface area (Å²) >= 11 is 3.41. The van der Waals surface area contributed by atoms with Gasteiger partial charge in [-0.2, -0.15) is 0 Å². The quantitative estimate of drug-likeness (QED) is 0.909. The van der Waals surface area contributed by atoms with E-state index in [4.69, 9.17) is 4.52 Å². The van der Waals surface area contributed by atoms with Crippen LogP contribution in [0.4, 0.5) is 0 Å². The molecule has 0 spiro atoms. The number of aryl methyl sites for hydroxylation is 3. The van der Waals surface area contributed by atoms with Crippen LogP contribution in [0.3, 0.4) is 0 Å². The fourth-order valence-corrected chi connectivity index (χ4v) is 2.57. The second kappa shape index (κ2) is 6.26. The first-order chi connectivity index (χ1) is 9.52. The minimum Gasteiger partial charge on any atom is -0.361 e. The van der Waals surface area contributed by atoms with Crippen LogP contribution < -0.4 is 5.32 Å². The molecule has 0 bridgehead atoms. The molecule has 5 nitrogen and oxygen atoms in total. The lowest BCUT2D eigenvalue weighted by Crippen LogP contribution is -2.25. The first kappa shape index (κ1) is 14.8. The summed E-state index contributed by atoms with van der Waals surface area (Å²) in [6.45, 7) is 7.04. The third-order valence-corrected chi connectivity index (χ3v) is 3.60. The Morgan fingerprint density at radius 1 is 1.50 bits per heavy atom. The van der Waals surface area contributed by atoms with E-state index in [1.54, 1.807) is 0 Å². The van der Waals surface area contributed by atoms with Crippen LogP contribution in [-0.2, 0) is 13.1 Å². The van der Waals surface area contributed by atoms with Crippen LogP contribution >= 0.6 is 15.9 Å². The first-order valence-corrected chi connectivity index (χ1v) is 7.37. The van der Waals surface area contributed by atoms with E-state index in [0.717, 1.165) is 34.5 Å². The van der Waals surface area contributed by atoms with Crippen molar-refractivity contribution in [3.05, 3.63) is 39.4 Å². The molecule has 2 rings (SSSR count).